The van der Waals surface area contributed by atoms with Gasteiger partial charge in [-0.3, -0.25) is 14.4 Å². The molecule has 0 radical (unpaired) electrons. The summed E-state index contributed by atoms with van der Waals surface area (Å²) in [5.41, 5.74) is 1.24. The van der Waals surface area contributed by atoms with Gasteiger partial charge in [0.25, 0.3) is 0 Å². The highest BCUT2D eigenvalue weighted by Crippen LogP contribution is 2.20. The minimum absolute atomic E-state index is 0. The number of carbonyl (C=O) groups excluding carboxylic acids is 5. The lowest BCUT2D eigenvalue weighted by atomic mass is 9.90. The van der Waals surface area contributed by atoms with Gasteiger partial charge >= 0.3 is 12.1 Å². The molecule has 0 spiro atoms. The molecule has 0 amide bonds. The van der Waals surface area contributed by atoms with Crippen LogP contribution in [0.1, 0.15) is 40.0 Å². The summed E-state index contributed by atoms with van der Waals surface area (Å²) >= 11 is 0. The molecule has 0 fully saturated rings. The number of hydrogen-bond donors (Lipinski definition) is 0. The number of esters is 1. The molecule has 0 aromatic rings. The molecule has 0 aromatic heterocycles. The lowest BCUT2D eigenvalue weighted by Crippen LogP contribution is -2.08. The molecule has 0 saturated heterocycles. The number of carbonyl (C=O) groups is 3. The van der Waals surface area contributed by atoms with E-state index in [0.29, 0.717) is 11.7 Å². The molecule has 1 aliphatic rings. The molecule has 0 N–H and O–H groups in total. The Morgan fingerprint density at radius 3 is 2.10 bits per heavy atom. The standard InChI is InChI=1S/C8H12O.C5H8O3.CO2.H2S/c1-6-3-4-8(9)5-7(6)2;1-4(6)3-5(7)8-2;2-1-3;/h5-6H,3-4H2,1-2H3;3H2,1-2H3;;1H2. The topological polar surface area (TPSA) is 94.6 Å². The Labute approximate surface area is 131 Å². The third kappa shape index (κ3) is 16.2. The van der Waals surface area contributed by atoms with E-state index in [4.69, 9.17) is 9.59 Å². The van der Waals surface area contributed by atoms with Gasteiger partial charge in [-0.25, -0.2) is 0 Å². The first-order valence-corrected chi connectivity index (χ1v) is 6.05. The fourth-order valence-corrected chi connectivity index (χ4v) is 1.33. The highest BCUT2D eigenvalue weighted by Gasteiger charge is 2.12. The average Bonchev–Trinajstić information content (AvgIpc) is 2.35. The first-order valence-electron chi connectivity index (χ1n) is 6.05. The lowest BCUT2D eigenvalue weighted by molar-refractivity contribution is -0.191. The molecular weight excluding hydrogens is 296 g/mol. The number of ether oxygens (including phenoxy) is 1. The Balaban J connectivity index is -0.000000252. The van der Waals surface area contributed by atoms with Crippen LogP contribution < -0.4 is 0 Å². The van der Waals surface area contributed by atoms with Crippen LogP contribution in [-0.2, 0) is 28.7 Å². The van der Waals surface area contributed by atoms with E-state index in [1.54, 1.807) is 6.08 Å². The molecule has 7 heteroatoms. The number of hydrogen-bond acceptors (Lipinski definition) is 6. The van der Waals surface area contributed by atoms with Crippen LogP contribution in [0.2, 0.25) is 0 Å². The van der Waals surface area contributed by atoms with Gasteiger partial charge in [-0.2, -0.15) is 23.1 Å². The second-order valence-corrected chi connectivity index (χ2v) is 4.33. The van der Waals surface area contributed by atoms with Crippen LogP contribution in [0.4, 0.5) is 0 Å². The molecule has 0 bridgehead atoms. The number of ketones is 2. The van der Waals surface area contributed by atoms with Gasteiger partial charge in [-0.15, -0.1) is 0 Å². The molecule has 1 atom stereocenters. The summed E-state index contributed by atoms with van der Waals surface area (Å²) < 4.78 is 4.20. The molecule has 1 rings (SSSR count). The SMILES string of the molecule is CC1=CC(=O)CCC1C.COC(=O)CC(C)=O.O=C=O.S. The van der Waals surface area contributed by atoms with Gasteiger partial charge in [0.2, 0.25) is 0 Å². The third-order valence-electron chi connectivity index (χ3n) is 2.61. The quantitative estimate of drug-likeness (QED) is 0.567. The highest BCUT2D eigenvalue weighted by molar-refractivity contribution is 7.59. The molecule has 0 aromatic carbocycles. The predicted molar refractivity (Wildman–Crippen MR) is 79.9 cm³/mol. The van der Waals surface area contributed by atoms with E-state index in [-0.39, 0.29) is 31.9 Å². The van der Waals surface area contributed by atoms with Crippen molar-refractivity contribution in [2.75, 3.05) is 7.11 Å². The van der Waals surface area contributed by atoms with Crippen molar-refractivity contribution in [1.82, 2.24) is 0 Å². The number of Topliss-reactive ketones (excluding diaryl/α,β-unsaturated/α-hetero) is 1. The van der Waals surface area contributed by atoms with Crippen LogP contribution in [0.5, 0.6) is 0 Å². The Bertz CT molecular complexity index is 408. The zero-order chi connectivity index (χ0) is 16.1. The van der Waals surface area contributed by atoms with Gasteiger partial charge in [0, 0.05) is 6.42 Å². The van der Waals surface area contributed by atoms with E-state index in [1.807, 2.05) is 6.92 Å². The van der Waals surface area contributed by atoms with Crippen molar-refractivity contribution in [2.45, 2.75) is 40.0 Å². The molecular formula is C14H22O6S. The summed E-state index contributed by atoms with van der Waals surface area (Å²) in [5, 5.41) is 0. The van der Waals surface area contributed by atoms with Gasteiger partial charge < -0.3 is 4.74 Å². The normalized spacial score (nSPS) is 15.5. The zero-order valence-corrected chi connectivity index (χ0v) is 13.7. The van der Waals surface area contributed by atoms with E-state index < -0.39 is 5.97 Å². The average molecular weight is 318 g/mol. The van der Waals surface area contributed by atoms with Gasteiger partial charge in [0.05, 0.1) is 7.11 Å². The second-order valence-electron chi connectivity index (χ2n) is 4.33. The lowest BCUT2D eigenvalue weighted by Gasteiger charge is -2.15. The molecule has 0 saturated carbocycles. The van der Waals surface area contributed by atoms with Crippen LogP contribution in [0.15, 0.2) is 11.6 Å². The van der Waals surface area contributed by atoms with E-state index in [9.17, 15) is 14.4 Å². The van der Waals surface area contributed by atoms with Gasteiger partial charge in [-0.1, -0.05) is 12.5 Å². The summed E-state index contributed by atoms with van der Waals surface area (Å²) in [5.74, 6) is 0.280. The Hall–Kier alpha value is -1.72. The van der Waals surface area contributed by atoms with Crippen molar-refractivity contribution >= 4 is 37.2 Å². The third-order valence-corrected chi connectivity index (χ3v) is 2.61. The van der Waals surface area contributed by atoms with Gasteiger partial charge in [-0.05, 0) is 32.3 Å². The second kappa shape index (κ2) is 14.7. The van der Waals surface area contributed by atoms with Crippen molar-refractivity contribution in [3.8, 4) is 0 Å². The zero-order valence-electron chi connectivity index (χ0n) is 12.7. The molecule has 21 heavy (non-hydrogen) atoms. The van der Waals surface area contributed by atoms with E-state index in [1.165, 1.54) is 19.6 Å². The summed E-state index contributed by atoms with van der Waals surface area (Å²) in [4.78, 5) is 47.3. The monoisotopic (exact) mass is 318 g/mol. The van der Waals surface area contributed by atoms with Crippen molar-refractivity contribution < 1.29 is 28.7 Å². The maximum atomic E-state index is 10.7. The van der Waals surface area contributed by atoms with Crippen LogP contribution in [-0.4, -0.2) is 30.8 Å². The first-order chi connectivity index (χ1) is 9.28. The van der Waals surface area contributed by atoms with Crippen molar-refractivity contribution in [3.05, 3.63) is 11.6 Å². The van der Waals surface area contributed by atoms with Crippen LogP contribution in [0.3, 0.4) is 0 Å². The first kappa shape index (κ1) is 24.3. The van der Waals surface area contributed by atoms with Gasteiger partial charge in [0.15, 0.2) is 5.78 Å². The Morgan fingerprint density at radius 1 is 1.38 bits per heavy atom. The maximum absolute atomic E-state index is 10.7. The maximum Gasteiger partial charge on any atom is 0.373 e. The number of allylic oxidation sites excluding steroid dienone is 2. The minimum atomic E-state index is -0.475. The minimum Gasteiger partial charge on any atom is -0.469 e. The summed E-state index contributed by atoms with van der Waals surface area (Å²) in [6.45, 7) is 5.54. The molecule has 1 aliphatic carbocycles. The van der Waals surface area contributed by atoms with Crippen molar-refractivity contribution in [3.63, 3.8) is 0 Å². The van der Waals surface area contributed by atoms with Crippen LogP contribution in [0.25, 0.3) is 0 Å². The molecule has 6 nitrogen and oxygen atoms in total. The molecule has 0 aliphatic heterocycles. The summed E-state index contributed by atoms with van der Waals surface area (Å²) in [7, 11) is 1.26. The van der Waals surface area contributed by atoms with Crippen LogP contribution in [0, 0.1) is 5.92 Å². The van der Waals surface area contributed by atoms with E-state index in [0.717, 1.165) is 12.8 Å². The molecule has 0 heterocycles. The van der Waals surface area contributed by atoms with E-state index in [2.05, 4.69) is 11.7 Å². The summed E-state index contributed by atoms with van der Waals surface area (Å²) in [6, 6.07) is 0. The predicted octanol–water partition coefficient (Wildman–Crippen LogP) is 1.60. The molecule has 120 valence electrons. The van der Waals surface area contributed by atoms with E-state index >= 15 is 0 Å². The van der Waals surface area contributed by atoms with Gasteiger partial charge in [0.1, 0.15) is 12.2 Å². The fourth-order valence-electron chi connectivity index (χ4n) is 1.33. The fraction of sp³-hybridized carbons (Fsp3) is 0.571. The largest absolute Gasteiger partial charge is 0.469 e. The summed E-state index contributed by atoms with van der Waals surface area (Å²) in [6.07, 6.45) is 3.70. The molecule has 1 unspecified atom stereocenters. The Morgan fingerprint density at radius 2 is 1.86 bits per heavy atom. The number of rotatable bonds is 2. The van der Waals surface area contributed by atoms with Crippen LogP contribution >= 0.6 is 13.5 Å². The number of methoxy groups -OCH3 is 1. The Kier molecular flexibility index (Phi) is 17.0. The van der Waals surface area contributed by atoms with Crippen molar-refractivity contribution in [1.29, 1.82) is 0 Å². The highest BCUT2D eigenvalue weighted by atomic mass is 32.1. The smallest absolute Gasteiger partial charge is 0.373 e. The van der Waals surface area contributed by atoms with Crippen molar-refractivity contribution in [2.24, 2.45) is 5.92 Å².